The van der Waals surface area contributed by atoms with E-state index in [9.17, 15) is 14.8 Å². The van der Waals surface area contributed by atoms with Crippen LogP contribution in [0.4, 0.5) is 5.82 Å². The number of ether oxygens (including phenoxy) is 1. The molecule has 11 nitrogen and oxygen atoms in total. The second-order valence-corrected chi connectivity index (χ2v) is 12.1. The molecule has 1 spiro atoms. The number of hydrogen-bond acceptors (Lipinski definition) is 8. The van der Waals surface area contributed by atoms with Crippen molar-refractivity contribution in [2.45, 2.75) is 75.9 Å². The van der Waals surface area contributed by atoms with Gasteiger partial charge in [0, 0.05) is 19.3 Å². The Balaban J connectivity index is 1.38. The summed E-state index contributed by atoms with van der Waals surface area (Å²) < 4.78 is 18.6. The fourth-order valence-corrected chi connectivity index (χ4v) is 6.56. The lowest BCUT2D eigenvalue weighted by atomic mass is 9.73. The molecule has 4 atom stereocenters. The molecule has 5 rings (SSSR count). The summed E-state index contributed by atoms with van der Waals surface area (Å²) in [5, 5.41) is 21.2. The van der Waals surface area contributed by atoms with Crippen LogP contribution >= 0.6 is 19.2 Å². The summed E-state index contributed by atoms with van der Waals surface area (Å²) in [5.74, 6) is 0.669. The number of aliphatic hydroxyl groups is 2. The molecule has 0 amide bonds. The van der Waals surface area contributed by atoms with Gasteiger partial charge in [-0.2, -0.15) is 9.97 Å². The fraction of sp³-hybridized carbons (Fsp3) is 0.762. The van der Waals surface area contributed by atoms with E-state index in [1.165, 1.54) is 38.4 Å². The molecule has 4 heterocycles. The standard InChI is InChI=1S/C21H31ClN5O6P/c22-20-24-17(26-9-8-21(11-26)6-2-1-3-7-21)14-18(25-20)27(12-23-14)19-16(29)15(28)13(33-19)5-4-10-34(30,31)32/h12-13,15-16,19,28-29H,1-11H2,(H2,30,31,32)/t13-,15?,16+,19-/m1/s1. The molecule has 3 aliphatic rings. The normalized spacial score (nSPS) is 29.5. The van der Waals surface area contributed by atoms with Gasteiger partial charge < -0.3 is 29.6 Å². The summed E-state index contributed by atoms with van der Waals surface area (Å²) in [6.07, 6.45) is 4.74. The van der Waals surface area contributed by atoms with Crippen molar-refractivity contribution in [2.75, 3.05) is 24.2 Å². The topological polar surface area (TPSA) is 154 Å². The van der Waals surface area contributed by atoms with Gasteiger partial charge in [0.15, 0.2) is 23.2 Å². The molecule has 2 aliphatic heterocycles. The first-order chi connectivity index (χ1) is 16.2. The molecule has 1 unspecified atom stereocenters. The summed E-state index contributed by atoms with van der Waals surface area (Å²) in [7, 11) is -4.14. The van der Waals surface area contributed by atoms with Gasteiger partial charge in [0.2, 0.25) is 5.28 Å². The molecular formula is C21H31ClN5O6P. The van der Waals surface area contributed by atoms with E-state index in [1.54, 1.807) is 4.57 Å². The lowest BCUT2D eigenvalue weighted by Crippen LogP contribution is -2.31. The number of imidazole rings is 1. The molecule has 1 saturated carbocycles. The number of anilines is 1. The predicted octanol–water partition coefficient (Wildman–Crippen LogP) is 2.22. The maximum atomic E-state index is 11.1. The molecule has 3 fully saturated rings. The van der Waals surface area contributed by atoms with Crippen molar-refractivity contribution >= 4 is 36.2 Å². The van der Waals surface area contributed by atoms with E-state index in [0.29, 0.717) is 22.4 Å². The van der Waals surface area contributed by atoms with Crippen LogP contribution in [0.2, 0.25) is 5.28 Å². The van der Waals surface area contributed by atoms with Crippen molar-refractivity contribution in [3.63, 3.8) is 0 Å². The summed E-state index contributed by atoms with van der Waals surface area (Å²) >= 11 is 6.30. The predicted molar refractivity (Wildman–Crippen MR) is 125 cm³/mol. The first kappa shape index (κ1) is 24.4. The Labute approximate surface area is 202 Å². The summed E-state index contributed by atoms with van der Waals surface area (Å²) in [6, 6.07) is 0. The molecule has 2 saturated heterocycles. The van der Waals surface area contributed by atoms with Gasteiger partial charge in [0.1, 0.15) is 12.2 Å². The van der Waals surface area contributed by atoms with Crippen LogP contribution in [0.5, 0.6) is 0 Å². The van der Waals surface area contributed by atoms with Gasteiger partial charge in [-0.25, -0.2) is 4.98 Å². The largest absolute Gasteiger partial charge is 0.388 e. The van der Waals surface area contributed by atoms with Gasteiger partial charge in [0.05, 0.1) is 12.4 Å². The molecule has 188 valence electrons. The Kier molecular flexibility index (Phi) is 6.65. The van der Waals surface area contributed by atoms with Gasteiger partial charge in [-0.05, 0) is 49.1 Å². The molecule has 13 heteroatoms. The van der Waals surface area contributed by atoms with Crippen molar-refractivity contribution in [3.05, 3.63) is 11.6 Å². The van der Waals surface area contributed by atoms with E-state index in [0.717, 1.165) is 19.5 Å². The van der Waals surface area contributed by atoms with E-state index < -0.39 is 32.1 Å². The van der Waals surface area contributed by atoms with Gasteiger partial charge in [-0.3, -0.25) is 9.13 Å². The molecule has 4 N–H and O–H groups in total. The highest BCUT2D eigenvalue weighted by Gasteiger charge is 2.45. The molecule has 0 radical (unpaired) electrons. The van der Waals surface area contributed by atoms with Crippen molar-refractivity contribution in [1.29, 1.82) is 0 Å². The van der Waals surface area contributed by atoms with Crippen molar-refractivity contribution in [3.8, 4) is 0 Å². The van der Waals surface area contributed by atoms with Gasteiger partial charge in [0.25, 0.3) is 0 Å². The lowest BCUT2D eigenvalue weighted by molar-refractivity contribution is -0.0370. The molecular weight excluding hydrogens is 485 g/mol. The van der Waals surface area contributed by atoms with Gasteiger partial charge in [-0.1, -0.05) is 19.3 Å². The third kappa shape index (κ3) is 4.72. The molecule has 2 aromatic heterocycles. The Morgan fingerprint density at radius 3 is 2.65 bits per heavy atom. The van der Waals surface area contributed by atoms with Crippen LogP contribution in [-0.2, 0) is 9.30 Å². The summed E-state index contributed by atoms with van der Waals surface area (Å²) in [6.45, 7) is 1.78. The molecule has 1 aliphatic carbocycles. The van der Waals surface area contributed by atoms with Crippen LogP contribution in [0.25, 0.3) is 11.2 Å². The Hall–Kier alpha value is -1.33. The van der Waals surface area contributed by atoms with Gasteiger partial charge >= 0.3 is 7.60 Å². The minimum Gasteiger partial charge on any atom is -0.388 e. The second-order valence-electron chi connectivity index (χ2n) is 9.95. The fourth-order valence-electron chi connectivity index (χ4n) is 5.80. The third-order valence-corrected chi connectivity index (χ3v) is 8.65. The third-order valence-electron chi connectivity index (χ3n) is 7.58. The zero-order valence-electron chi connectivity index (χ0n) is 18.8. The SMILES string of the molecule is O=P(O)(O)CCC[C@H]1O[C@@H](n2cnc3c(N4CCC5(CCCCC5)C4)nc(Cl)nc32)[C@@H](O)C1O. The summed E-state index contributed by atoms with van der Waals surface area (Å²) in [4.78, 5) is 33.7. The smallest absolute Gasteiger partial charge is 0.325 e. The molecule has 2 aromatic rings. The van der Waals surface area contributed by atoms with E-state index in [1.807, 2.05) is 0 Å². The number of fused-ring (bicyclic) bond motifs is 1. The number of rotatable bonds is 6. The highest BCUT2D eigenvalue weighted by molar-refractivity contribution is 7.51. The number of aromatic nitrogens is 4. The maximum Gasteiger partial charge on any atom is 0.325 e. The van der Waals surface area contributed by atoms with Crippen LogP contribution in [0.1, 0.15) is 57.6 Å². The average Bonchev–Trinajstić information content (AvgIpc) is 3.45. The van der Waals surface area contributed by atoms with Crippen molar-refractivity contribution in [1.82, 2.24) is 19.5 Å². The minimum atomic E-state index is -4.14. The van der Waals surface area contributed by atoms with E-state index in [-0.39, 0.29) is 24.3 Å². The average molecular weight is 516 g/mol. The highest BCUT2D eigenvalue weighted by atomic mass is 35.5. The van der Waals surface area contributed by atoms with Crippen molar-refractivity contribution in [2.24, 2.45) is 5.41 Å². The van der Waals surface area contributed by atoms with E-state index >= 15 is 0 Å². The number of hydrogen-bond donors (Lipinski definition) is 4. The highest BCUT2D eigenvalue weighted by Crippen LogP contribution is 2.45. The zero-order valence-corrected chi connectivity index (χ0v) is 20.5. The van der Waals surface area contributed by atoms with Crippen LogP contribution in [0.15, 0.2) is 6.33 Å². The second kappa shape index (κ2) is 9.28. The van der Waals surface area contributed by atoms with Crippen LogP contribution in [0, 0.1) is 5.41 Å². The number of halogens is 1. The zero-order chi connectivity index (χ0) is 24.1. The van der Waals surface area contributed by atoms with Crippen LogP contribution in [0.3, 0.4) is 0 Å². The summed E-state index contributed by atoms with van der Waals surface area (Å²) in [5.41, 5.74) is 1.29. The molecule has 0 aromatic carbocycles. The Morgan fingerprint density at radius 1 is 1.15 bits per heavy atom. The van der Waals surface area contributed by atoms with Crippen LogP contribution < -0.4 is 4.90 Å². The maximum absolute atomic E-state index is 11.1. The Morgan fingerprint density at radius 2 is 1.91 bits per heavy atom. The molecule has 0 bridgehead atoms. The van der Waals surface area contributed by atoms with Crippen LogP contribution in [-0.4, -0.2) is 77.1 Å². The van der Waals surface area contributed by atoms with E-state index in [4.69, 9.17) is 26.1 Å². The lowest BCUT2D eigenvalue weighted by Gasteiger charge is -2.33. The monoisotopic (exact) mass is 515 g/mol. The molecule has 34 heavy (non-hydrogen) atoms. The van der Waals surface area contributed by atoms with Gasteiger partial charge in [-0.15, -0.1) is 0 Å². The first-order valence-corrected chi connectivity index (χ1v) is 14.0. The number of aliphatic hydroxyl groups excluding tert-OH is 2. The first-order valence-electron chi connectivity index (χ1n) is 11.9. The Bertz CT molecular complexity index is 1090. The van der Waals surface area contributed by atoms with E-state index in [2.05, 4.69) is 19.9 Å². The number of nitrogens with zero attached hydrogens (tertiary/aromatic N) is 5. The minimum absolute atomic E-state index is 0.0695. The quantitative estimate of drug-likeness (QED) is 0.332. The van der Waals surface area contributed by atoms with Crippen molar-refractivity contribution < 1.29 is 29.3 Å².